The van der Waals surface area contributed by atoms with E-state index >= 15 is 0 Å². The molecule has 1 unspecified atom stereocenters. The van der Waals surface area contributed by atoms with Crippen molar-refractivity contribution in [1.82, 2.24) is 4.98 Å². The van der Waals surface area contributed by atoms with E-state index in [4.69, 9.17) is 10.7 Å². The van der Waals surface area contributed by atoms with Gasteiger partial charge in [0.1, 0.15) is 11.9 Å². The Labute approximate surface area is 126 Å². The molecule has 2 N–H and O–H groups in total. The summed E-state index contributed by atoms with van der Waals surface area (Å²) in [6.45, 7) is 2.08. The molecule has 4 rings (SSSR count). The van der Waals surface area contributed by atoms with Gasteiger partial charge in [-0.3, -0.25) is 0 Å². The molecule has 0 amide bonds. The van der Waals surface area contributed by atoms with E-state index < -0.39 is 0 Å². The van der Waals surface area contributed by atoms with Crippen molar-refractivity contribution < 1.29 is 0 Å². The lowest BCUT2D eigenvalue weighted by Gasteiger charge is -2.27. The molecule has 2 fully saturated rings. The Balaban J connectivity index is 1.64. The summed E-state index contributed by atoms with van der Waals surface area (Å²) in [7, 11) is 0. The lowest BCUT2D eigenvalue weighted by atomic mass is 9.79. The van der Waals surface area contributed by atoms with Gasteiger partial charge in [0, 0.05) is 24.8 Å². The van der Waals surface area contributed by atoms with Crippen molar-refractivity contribution in [3.05, 3.63) is 22.9 Å². The summed E-state index contributed by atoms with van der Waals surface area (Å²) in [4.78, 5) is 7.21. The van der Waals surface area contributed by atoms with Crippen molar-refractivity contribution in [2.75, 3.05) is 18.0 Å². The second kappa shape index (κ2) is 4.99. The third-order valence-corrected chi connectivity index (χ3v) is 5.54. The quantitative estimate of drug-likeness (QED) is 0.855. The molecule has 21 heavy (non-hydrogen) atoms. The Morgan fingerprint density at radius 2 is 2.10 bits per heavy atom. The second-order valence-corrected chi connectivity index (χ2v) is 6.93. The van der Waals surface area contributed by atoms with Gasteiger partial charge in [0.2, 0.25) is 0 Å². The van der Waals surface area contributed by atoms with Crippen molar-refractivity contribution in [3.8, 4) is 6.07 Å². The van der Waals surface area contributed by atoms with Crippen molar-refractivity contribution in [2.45, 2.75) is 44.6 Å². The zero-order valence-electron chi connectivity index (χ0n) is 12.4. The van der Waals surface area contributed by atoms with E-state index in [1.54, 1.807) is 0 Å². The van der Waals surface area contributed by atoms with Crippen LogP contribution in [0.25, 0.3) is 0 Å². The number of nitrogens with two attached hydrogens (primary N) is 1. The fraction of sp³-hybridized carbons (Fsp3) is 0.647. The first-order valence-electron chi connectivity index (χ1n) is 8.18. The average Bonchev–Trinajstić information content (AvgIpc) is 3.10. The number of fused-ring (bicyclic) bond motifs is 2. The molecule has 1 aliphatic heterocycles. The highest BCUT2D eigenvalue weighted by atomic mass is 15.2. The van der Waals surface area contributed by atoms with Gasteiger partial charge in [-0.25, -0.2) is 4.98 Å². The van der Waals surface area contributed by atoms with Gasteiger partial charge in [0.25, 0.3) is 0 Å². The fourth-order valence-corrected chi connectivity index (χ4v) is 4.43. The zero-order chi connectivity index (χ0) is 14.4. The average molecular weight is 282 g/mol. The SMILES string of the molecule is N#Cc1cc2c(nc1N1C[C@H]3CCC(N)C[C@H]3C1)CCC2. The van der Waals surface area contributed by atoms with E-state index in [2.05, 4.69) is 17.0 Å². The summed E-state index contributed by atoms with van der Waals surface area (Å²) in [6.07, 6.45) is 6.84. The van der Waals surface area contributed by atoms with Gasteiger partial charge in [0.15, 0.2) is 0 Å². The van der Waals surface area contributed by atoms with Crippen LogP contribution in [0.2, 0.25) is 0 Å². The van der Waals surface area contributed by atoms with Gasteiger partial charge >= 0.3 is 0 Å². The van der Waals surface area contributed by atoms with E-state index in [9.17, 15) is 5.26 Å². The standard InChI is InChI=1S/C17H22N4/c18-8-13-6-11-2-1-3-16(11)20-17(13)21-9-12-4-5-15(19)7-14(12)10-21/h6,12,14-15H,1-5,7,9-10,19H2/t12-,14+,15?/m1/s1. The van der Waals surface area contributed by atoms with Crippen LogP contribution in [0.15, 0.2) is 6.07 Å². The Kier molecular flexibility index (Phi) is 3.11. The number of hydrogen-bond acceptors (Lipinski definition) is 4. The normalized spacial score (nSPS) is 30.9. The van der Waals surface area contributed by atoms with Gasteiger partial charge in [0.05, 0.1) is 5.56 Å². The molecule has 0 spiro atoms. The Bertz CT molecular complexity index is 604. The molecule has 3 atom stereocenters. The molecule has 110 valence electrons. The molecule has 0 radical (unpaired) electrons. The molecular weight excluding hydrogens is 260 g/mol. The van der Waals surface area contributed by atoms with Crippen LogP contribution in [0.1, 0.15) is 42.5 Å². The summed E-state index contributed by atoms with van der Waals surface area (Å²) >= 11 is 0. The maximum absolute atomic E-state index is 9.47. The highest BCUT2D eigenvalue weighted by Crippen LogP contribution is 2.38. The van der Waals surface area contributed by atoms with Crippen molar-refractivity contribution in [3.63, 3.8) is 0 Å². The number of aryl methyl sites for hydroxylation is 2. The monoisotopic (exact) mass is 282 g/mol. The highest BCUT2D eigenvalue weighted by Gasteiger charge is 2.38. The Morgan fingerprint density at radius 1 is 1.24 bits per heavy atom. The molecule has 4 nitrogen and oxygen atoms in total. The van der Waals surface area contributed by atoms with Crippen LogP contribution in [0.3, 0.4) is 0 Å². The van der Waals surface area contributed by atoms with Crippen LogP contribution >= 0.6 is 0 Å². The second-order valence-electron chi connectivity index (χ2n) is 6.93. The predicted molar refractivity (Wildman–Crippen MR) is 82.0 cm³/mol. The summed E-state index contributed by atoms with van der Waals surface area (Å²) in [5.41, 5.74) is 9.38. The number of nitrogens with zero attached hydrogens (tertiary/aromatic N) is 3. The van der Waals surface area contributed by atoms with Crippen LogP contribution in [-0.4, -0.2) is 24.1 Å². The molecule has 2 aliphatic carbocycles. The minimum Gasteiger partial charge on any atom is -0.355 e. The van der Waals surface area contributed by atoms with Crippen LogP contribution in [0.4, 0.5) is 5.82 Å². The maximum atomic E-state index is 9.47. The van der Waals surface area contributed by atoms with E-state index in [1.807, 2.05) is 0 Å². The van der Waals surface area contributed by atoms with Gasteiger partial charge in [-0.15, -0.1) is 0 Å². The van der Waals surface area contributed by atoms with E-state index in [0.717, 1.165) is 56.1 Å². The van der Waals surface area contributed by atoms with Crippen LogP contribution in [-0.2, 0) is 12.8 Å². The topological polar surface area (TPSA) is 65.9 Å². The summed E-state index contributed by atoms with van der Waals surface area (Å²) in [6, 6.07) is 4.82. The molecular formula is C17H22N4. The van der Waals surface area contributed by atoms with Gasteiger partial charge in [-0.1, -0.05) is 0 Å². The van der Waals surface area contributed by atoms with E-state index in [-0.39, 0.29) is 0 Å². The lowest BCUT2D eigenvalue weighted by Crippen LogP contribution is -2.32. The Morgan fingerprint density at radius 3 is 2.95 bits per heavy atom. The number of pyridine rings is 1. The van der Waals surface area contributed by atoms with E-state index in [0.29, 0.717) is 12.0 Å². The third kappa shape index (κ3) is 2.20. The summed E-state index contributed by atoms with van der Waals surface area (Å²) < 4.78 is 0. The number of nitriles is 1. The first-order valence-corrected chi connectivity index (χ1v) is 8.18. The summed E-state index contributed by atoms with van der Waals surface area (Å²) in [5, 5.41) is 9.47. The molecule has 1 aromatic rings. The van der Waals surface area contributed by atoms with E-state index in [1.165, 1.54) is 24.1 Å². The summed E-state index contributed by atoms with van der Waals surface area (Å²) in [5.74, 6) is 2.36. The van der Waals surface area contributed by atoms with Gasteiger partial charge in [-0.05, 0) is 62.0 Å². The zero-order valence-corrected chi connectivity index (χ0v) is 12.4. The van der Waals surface area contributed by atoms with Crippen molar-refractivity contribution in [1.29, 1.82) is 5.26 Å². The minimum absolute atomic E-state index is 0.370. The molecule has 0 aromatic carbocycles. The number of anilines is 1. The first kappa shape index (κ1) is 13.1. The largest absolute Gasteiger partial charge is 0.355 e. The number of hydrogen-bond donors (Lipinski definition) is 1. The molecule has 1 saturated carbocycles. The number of aromatic nitrogens is 1. The maximum Gasteiger partial charge on any atom is 0.146 e. The van der Waals surface area contributed by atoms with Crippen molar-refractivity contribution >= 4 is 5.82 Å². The van der Waals surface area contributed by atoms with Crippen molar-refractivity contribution in [2.24, 2.45) is 17.6 Å². The van der Waals surface area contributed by atoms with Gasteiger partial charge in [-0.2, -0.15) is 5.26 Å². The molecule has 4 heteroatoms. The smallest absolute Gasteiger partial charge is 0.146 e. The minimum atomic E-state index is 0.370. The first-order chi connectivity index (χ1) is 10.2. The van der Waals surface area contributed by atoms with Crippen LogP contribution in [0, 0.1) is 23.2 Å². The highest BCUT2D eigenvalue weighted by molar-refractivity contribution is 5.57. The van der Waals surface area contributed by atoms with Gasteiger partial charge < -0.3 is 10.6 Å². The molecule has 2 heterocycles. The van der Waals surface area contributed by atoms with Crippen LogP contribution in [0.5, 0.6) is 0 Å². The molecule has 3 aliphatic rings. The molecule has 1 aromatic heterocycles. The third-order valence-electron chi connectivity index (χ3n) is 5.54. The Hall–Kier alpha value is -1.60. The predicted octanol–water partition coefficient (Wildman–Crippen LogP) is 2.01. The molecule has 0 bridgehead atoms. The number of rotatable bonds is 1. The fourth-order valence-electron chi connectivity index (χ4n) is 4.43. The lowest BCUT2D eigenvalue weighted by molar-refractivity contribution is 0.271. The molecule has 1 saturated heterocycles. The van der Waals surface area contributed by atoms with Crippen LogP contribution < -0.4 is 10.6 Å².